The van der Waals surface area contributed by atoms with E-state index < -0.39 is 0 Å². The summed E-state index contributed by atoms with van der Waals surface area (Å²) in [5, 5.41) is 9.46. The summed E-state index contributed by atoms with van der Waals surface area (Å²) < 4.78 is 2.29. The van der Waals surface area contributed by atoms with Crippen molar-refractivity contribution in [2.24, 2.45) is 0 Å². The molecule has 0 N–H and O–H groups in total. The number of imidazole rings is 1. The predicted octanol–water partition coefficient (Wildman–Crippen LogP) is 10.3. The Hall–Kier alpha value is -6.38. The third kappa shape index (κ3) is 5.24. The van der Waals surface area contributed by atoms with Gasteiger partial charge in [0.2, 0.25) is 0 Å². The van der Waals surface area contributed by atoms with E-state index in [0.717, 1.165) is 44.6 Å². The molecule has 0 amide bonds. The van der Waals surface area contributed by atoms with E-state index in [9.17, 15) is 5.26 Å². The van der Waals surface area contributed by atoms with Crippen LogP contribution in [0.1, 0.15) is 5.56 Å². The second-order valence-corrected chi connectivity index (χ2v) is 12.9. The maximum absolute atomic E-state index is 9.46. The fourth-order valence-electron chi connectivity index (χ4n) is 6.81. The van der Waals surface area contributed by atoms with Gasteiger partial charge in [-0.1, -0.05) is 91.0 Å². The highest BCUT2D eigenvalue weighted by Gasteiger charge is 2.25. The van der Waals surface area contributed by atoms with Crippen molar-refractivity contribution < 1.29 is 0 Å². The summed E-state index contributed by atoms with van der Waals surface area (Å²) in [6.45, 7) is 0. The van der Waals surface area contributed by atoms with Crippen LogP contribution in [0.15, 0.2) is 140 Å². The molecule has 8 aromatic rings. The van der Waals surface area contributed by atoms with E-state index in [2.05, 4.69) is 164 Å². The van der Waals surface area contributed by atoms with Crippen LogP contribution in [-0.2, 0) is 0 Å². The molecule has 5 nitrogen and oxygen atoms in total. The van der Waals surface area contributed by atoms with Crippen molar-refractivity contribution in [3.63, 3.8) is 0 Å². The van der Waals surface area contributed by atoms with Gasteiger partial charge in [0.05, 0.1) is 28.4 Å². The van der Waals surface area contributed by atoms with Crippen molar-refractivity contribution in [3.8, 4) is 61.8 Å². The molecule has 49 heavy (non-hydrogen) atoms. The molecule has 0 saturated heterocycles. The Labute approximate surface area is 286 Å². The third-order valence-electron chi connectivity index (χ3n) is 9.46. The lowest BCUT2D eigenvalue weighted by Gasteiger charge is -2.13. The van der Waals surface area contributed by atoms with Gasteiger partial charge in [-0.05, 0) is 81.9 Å². The van der Waals surface area contributed by atoms with Crippen molar-refractivity contribution in [3.05, 3.63) is 145 Å². The number of nitrogens with zero attached hydrogens (tertiary/aromatic N) is 5. The minimum Gasteiger partial charge on any atom is -0.378 e. The highest BCUT2D eigenvalue weighted by atomic mass is 15.1. The van der Waals surface area contributed by atoms with E-state index in [1.807, 2.05) is 24.3 Å². The largest absolute Gasteiger partial charge is 0.378 e. The van der Waals surface area contributed by atoms with Crippen molar-refractivity contribution in [1.82, 2.24) is 9.38 Å². The lowest BCUT2D eigenvalue weighted by Crippen LogP contribution is -2.07. The number of rotatable bonds is 7. The SMILES string of the molecule is CN(C)c1ccc(-c2ccc(-c3c(-c4ccc(-c5ccc(N(C)C)cc5)cc4)c4c(-c5ccc(C#N)cc5)nc5cccc3n54)cc2)cc1. The first-order valence-corrected chi connectivity index (χ1v) is 16.4. The molecule has 0 saturated carbocycles. The number of pyridine rings is 1. The van der Waals surface area contributed by atoms with Crippen molar-refractivity contribution in [2.45, 2.75) is 0 Å². The maximum Gasteiger partial charge on any atom is 0.138 e. The first-order chi connectivity index (χ1) is 23.9. The molecule has 0 bridgehead atoms. The van der Waals surface area contributed by atoms with Gasteiger partial charge in [0.25, 0.3) is 0 Å². The smallest absolute Gasteiger partial charge is 0.138 e. The summed E-state index contributed by atoms with van der Waals surface area (Å²) in [5.74, 6) is 0. The monoisotopic (exact) mass is 633 g/mol. The molecule has 5 aromatic carbocycles. The topological polar surface area (TPSA) is 47.6 Å². The molecule has 0 aliphatic rings. The minimum absolute atomic E-state index is 0.631. The number of nitriles is 1. The summed E-state index contributed by atoms with van der Waals surface area (Å²) in [5.41, 5.74) is 17.3. The Bertz CT molecular complexity index is 2440. The molecule has 5 heteroatoms. The number of hydrogen-bond donors (Lipinski definition) is 0. The first-order valence-electron chi connectivity index (χ1n) is 16.4. The number of benzene rings is 5. The van der Waals surface area contributed by atoms with Crippen molar-refractivity contribution >= 4 is 28.1 Å². The zero-order chi connectivity index (χ0) is 33.6. The van der Waals surface area contributed by atoms with Crippen LogP contribution in [0.5, 0.6) is 0 Å². The van der Waals surface area contributed by atoms with E-state index in [1.165, 1.54) is 39.2 Å². The van der Waals surface area contributed by atoms with Crippen LogP contribution in [0.3, 0.4) is 0 Å². The second kappa shape index (κ2) is 12.0. The number of anilines is 2. The summed E-state index contributed by atoms with van der Waals surface area (Å²) in [4.78, 5) is 9.38. The van der Waals surface area contributed by atoms with Gasteiger partial charge < -0.3 is 9.80 Å². The minimum atomic E-state index is 0.631. The number of aromatic nitrogens is 2. The summed E-state index contributed by atoms with van der Waals surface area (Å²) in [6, 6.07) is 51.5. The van der Waals surface area contributed by atoms with Crippen LogP contribution in [0.4, 0.5) is 11.4 Å². The molecule has 0 aliphatic carbocycles. The standard InChI is InChI=1S/C44H35N5/c1-47(2)37-24-20-32(21-25-37)30-12-16-34(17-13-30)41-39-6-5-7-40-46-43(36-10-8-29(28-45)9-11-36)44(49(39)40)42(41)35-18-14-31(15-19-35)33-22-26-38(27-23-33)48(3)4/h5-27H,1-4H3. The Morgan fingerprint density at radius 3 is 1.39 bits per heavy atom. The van der Waals surface area contributed by atoms with Gasteiger partial charge in [-0.15, -0.1) is 0 Å². The summed E-state index contributed by atoms with van der Waals surface area (Å²) in [7, 11) is 8.24. The molecule has 3 aromatic heterocycles. The van der Waals surface area contributed by atoms with Gasteiger partial charge in [-0.25, -0.2) is 4.98 Å². The lowest BCUT2D eigenvalue weighted by atomic mass is 9.92. The first kappa shape index (κ1) is 30.0. The molecular weight excluding hydrogens is 599 g/mol. The van der Waals surface area contributed by atoms with Gasteiger partial charge in [-0.3, -0.25) is 4.40 Å². The molecule has 0 fully saturated rings. The Morgan fingerprint density at radius 1 is 0.490 bits per heavy atom. The van der Waals surface area contributed by atoms with Crippen LogP contribution in [0.25, 0.3) is 72.4 Å². The van der Waals surface area contributed by atoms with E-state index in [1.54, 1.807) is 0 Å². The van der Waals surface area contributed by atoms with Gasteiger partial charge in [0, 0.05) is 56.3 Å². The molecule has 3 heterocycles. The second-order valence-electron chi connectivity index (χ2n) is 12.9. The van der Waals surface area contributed by atoms with Crippen LogP contribution in [0.2, 0.25) is 0 Å². The lowest BCUT2D eigenvalue weighted by molar-refractivity contribution is 1.13. The molecule has 0 atom stereocenters. The molecular formula is C44H35N5. The van der Waals surface area contributed by atoms with E-state index in [-0.39, 0.29) is 0 Å². The summed E-state index contributed by atoms with van der Waals surface area (Å²) in [6.07, 6.45) is 0. The van der Waals surface area contributed by atoms with Gasteiger partial charge in [0.15, 0.2) is 0 Å². The molecule has 0 radical (unpaired) electrons. The Balaban J connectivity index is 1.31. The Kier molecular flexibility index (Phi) is 7.35. The van der Waals surface area contributed by atoms with Crippen LogP contribution in [0, 0.1) is 11.3 Å². The predicted molar refractivity (Wildman–Crippen MR) is 204 cm³/mol. The van der Waals surface area contributed by atoms with Gasteiger partial charge in [-0.2, -0.15) is 5.26 Å². The van der Waals surface area contributed by atoms with Crippen LogP contribution in [-0.4, -0.2) is 37.6 Å². The quantitative estimate of drug-likeness (QED) is 0.175. The summed E-state index contributed by atoms with van der Waals surface area (Å²) >= 11 is 0. The van der Waals surface area contributed by atoms with Crippen molar-refractivity contribution in [1.29, 1.82) is 5.26 Å². The fraction of sp³-hybridized carbons (Fsp3) is 0.0909. The molecule has 0 unspecified atom stereocenters. The van der Waals surface area contributed by atoms with E-state index >= 15 is 0 Å². The zero-order valence-electron chi connectivity index (χ0n) is 28.0. The fourth-order valence-corrected chi connectivity index (χ4v) is 6.81. The van der Waals surface area contributed by atoms with Crippen molar-refractivity contribution in [2.75, 3.05) is 38.0 Å². The average molecular weight is 634 g/mol. The Morgan fingerprint density at radius 2 is 0.918 bits per heavy atom. The molecule has 0 spiro atoms. The van der Waals surface area contributed by atoms with E-state index in [0.29, 0.717) is 5.56 Å². The van der Waals surface area contributed by atoms with Gasteiger partial charge in [0.1, 0.15) is 5.65 Å². The number of hydrogen-bond acceptors (Lipinski definition) is 4. The van der Waals surface area contributed by atoms with Gasteiger partial charge >= 0.3 is 0 Å². The highest BCUT2D eigenvalue weighted by Crippen LogP contribution is 2.46. The third-order valence-corrected chi connectivity index (χ3v) is 9.46. The normalized spacial score (nSPS) is 11.2. The maximum atomic E-state index is 9.46. The van der Waals surface area contributed by atoms with Crippen LogP contribution >= 0.6 is 0 Å². The van der Waals surface area contributed by atoms with E-state index in [4.69, 9.17) is 4.98 Å². The molecule has 8 rings (SSSR count). The zero-order valence-corrected chi connectivity index (χ0v) is 28.0. The van der Waals surface area contributed by atoms with Crippen LogP contribution < -0.4 is 9.80 Å². The average Bonchev–Trinajstić information content (AvgIpc) is 3.71. The molecule has 0 aliphatic heterocycles. The molecule has 236 valence electrons. The highest BCUT2D eigenvalue weighted by molar-refractivity contribution is 6.09.